The fraction of sp³-hybridized carbons (Fsp3) is 0.490. The van der Waals surface area contributed by atoms with Gasteiger partial charge in [-0.25, -0.2) is 19.4 Å². The van der Waals surface area contributed by atoms with Gasteiger partial charge in [-0.3, -0.25) is 19.5 Å². The van der Waals surface area contributed by atoms with E-state index >= 15 is 0 Å². The second kappa shape index (κ2) is 22.1. The molecule has 6 N–H and O–H groups in total. The summed E-state index contributed by atoms with van der Waals surface area (Å²) in [5, 5.41) is 25.5. The van der Waals surface area contributed by atoms with Gasteiger partial charge >= 0.3 is 30.0 Å². The number of carbonyl (C=O) groups is 6. The molecule has 1 aliphatic carbocycles. The fourth-order valence-electron chi connectivity index (χ4n) is 8.40. The van der Waals surface area contributed by atoms with Crippen LogP contribution in [0.25, 0.3) is 22.5 Å². The van der Waals surface area contributed by atoms with Crippen LogP contribution >= 0.6 is 0 Å². The number of halogens is 4. The number of H-pyrrole nitrogens is 1. The second-order valence-electron chi connectivity index (χ2n) is 20.3. The molecule has 1 aromatic heterocycles. The van der Waals surface area contributed by atoms with Crippen molar-refractivity contribution in [3.8, 4) is 22.5 Å². The molecular formula is C51H62F4N8O9. The number of aryl methyl sites for hydroxylation is 1. The Labute approximate surface area is 414 Å². The summed E-state index contributed by atoms with van der Waals surface area (Å²) in [5.74, 6) is -17.2. The molecule has 17 nitrogen and oxygen atoms in total. The van der Waals surface area contributed by atoms with E-state index in [0.717, 1.165) is 16.7 Å². The Hall–Kier alpha value is -7.06. The average Bonchev–Trinajstić information content (AvgIpc) is 3.82. The quantitative estimate of drug-likeness (QED) is 0.0619. The lowest BCUT2D eigenvalue weighted by molar-refractivity contribution is -0.231. The molecule has 6 rings (SSSR count). The number of hydrogen-bond donors (Lipinski definition) is 6. The van der Waals surface area contributed by atoms with E-state index in [4.69, 9.17) is 14.6 Å². The lowest BCUT2D eigenvalue weighted by Gasteiger charge is -2.33. The fourth-order valence-corrected chi connectivity index (χ4v) is 8.40. The number of rotatable bonds is 15. The summed E-state index contributed by atoms with van der Waals surface area (Å²) in [6, 6.07) is 17.1. The number of benzene rings is 3. The van der Waals surface area contributed by atoms with Crippen molar-refractivity contribution in [2.45, 2.75) is 129 Å². The third-order valence-electron chi connectivity index (χ3n) is 12.3. The van der Waals surface area contributed by atoms with Gasteiger partial charge in [0.2, 0.25) is 17.6 Å². The van der Waals surface area contributed by atoms with Crippen molar-refractivity contribution in [1.82, 2.24) is 36.0 Å². The molecule has 2 aliphatic rings. The Kier molecular flexibility index (Phi) is 16.7. The monoisotopic (exact) mass is 1010 g/mol. The normalized spacial score (nSPS) is 17.3. The first-order valence-electron chi connectivity index (χ1n) is 23.8. The summed E-state index contributed by atoms with van der Waals surface area (Å²) >= 11 is 0. The van der Waals surface area contributed by atoms with Crippen molar-refractivity contribution in [3.05, 3.63) is 89.2 Å². The number of nitrogens with zero attached hydrogens (tertiary/aromatic N) is 3. The highest BCUT2D eigenvalue weighted by Crippen LogP contribution is 2.42. The van der Waals surface area contributed by atoms with Crippen LogP contribution in [-0.4, -0.2) is 110 Å². The van der Waals surface area contributed by atoms with Crippen LogP contribution in [0.3, 0.4) is 0 Å². The van der Waals surface area contributed by atoms with Crippen LogP contribution < -0.4 is 21.3 Å². The van der Waals surface area contributed by atoms with Gasteiger partial charge < -0.3 is 40.7 Å². The molecule has 0 spiro atoms. The zero-order valence-electron chi connectivity index (χ0n) is 41.3. The first-order valence-corrected chi connectivity index (χ1v) is 23.8. The van der Waals surface area contributed by atoms with E-state index in [1.807, 2.05) is 64.1 Å². The average molecular weight is 1010 g/mol. The molecule has 1 aliphatic heterocycles. The number of aromatic amines is 1. The Bertz CT molecular complexity index is 2600. The number of carbonyl (C=O) groups excluding carboxylic acids is 5. The number of ether oxygens (including phenoxy) is 2. The highest BCUT2D eigenvalue weighted by Gasteiger charge is 2.65. The topological polar surface area (TPSA) is 234 Å². The van der Waals surface area contributed by atoms with Crippen LogP contribution in [-0.2, 0) is 36.2 Å². The van der Waals surface area contributed by atoms with Gasteiger partial charge in [0, 0.05) is 54.8 Å². The van der Waals surface area contributed by atoms with Crippen molar-refractivity contribution in [2.75, 3.05) is 25.0 Å². The van der Waals surface area contributed by atoms with Crippen molar-refractivity contribution in [2.24, 2.45) is 11.8 Å². The first kappa shape index (κ1) is 54.3. The Morgan fingerprint density at radius 3 is 2.00 bits per heavy atom. The molecule has 4 aromatic rings. The molecule has 1 saturated heterocycles. The molecule has 2 heterocycles. The van der Waals surface area contributed by atoms with Gasteiger partial charge in [0.05, 0.1) is 0 Å². The second-order valence-corrected chi connectivity index (χ2v) is 20.3. The molecule has 0 unspecified atom stereocenters. The minimum Gasteiger partial charge on any atom is -0.477 e. The summed E-state index contributed by atoms with van der Waals surface area (Å²) in [5.41, 5.74) is 2.84. The maximum atomic E-state index is 14.4. The number of anilines is 1. The predicted molar refractivity (Wildman–Crippen MR) is 257 cm³/mol. The Balaban J connectivity index is 1.11. The van der Waals surface area contributed by atoms with Crippen LogP contribution in [0, 0.1) is 18.8 Å². The highest BCUT2D eigenvalue weighted by atomic mass is 19.3. The van der Waals surface area contributed by atoms with Crippen molar-refractivity contribution in [3.63, 3.8) is 0 Å². The molecule has 388 valence electrons. The smallest absolute Gasteiger partial charge is 0.411 e. The van der Waals surface area contributed by atoms with Gasteiger partial charge in [-0.15, -0.1) is 0 Å². The number of nitrogens with one attached hydrogen (secondary N) is 5. The summed E-state index contributed by atoms with van der Waals surface area (Å²) in [4.78, 5) is 81.7. The van der Waals surface area contributed by atoms with Crippen molar-refractivity contribution in [1.29, 1.82) is 0 Å². The van der Waals surface area contributed by atoms with E-state index in [1.54, 1.807) is 36.8 Å². The molecule has 3 aromatic carbocycles. The van der Waals surface area contributed by atoms with E-state index in [0.29, 0.717) is 69.3 Å². The Morgan fingerprint density at radius 1 is 0.806 bits per heavy atom. The lowest BCUT2D eigenvalue weighted by atomic mass is 9.81. The molecule has 21 heteroatoms. The van der Waals surface area contributed by atoms with Gasteiger partial charge in [0.1, 0.15) is 17.2 Å². The number of carboxylic acids is 1. The van der Waals surface area contributed by atoms with Gasteiger partial charge in [-0.05, 0) is 152 Å². The number of aromatic nitrogens is 3. The molecule has 72 heavy (non-hydrogen) atoms. The number of aliphatic carboxylic acids is 1. The summed E-state index contributed by atoms with van der Waals surface area (Å²) in [7, 11) is 0. The van der Waals surface area contributed by atoms with Crippen LogP contribution in [0.1, 0.15) is 107 Å². The molecule has 0 radical (unpaired) electrons. The minimum absolute atomic E-state index is 0.0777. The third kappa shape index (κ3) is 14.1. The molecular weight excluding hydrogens is 945 g/mol. The summed E-state index contributed by atoms with van der Waals surface area (Å²) in [6.45, 7) is 14.0. The van der Waals surface area contributed by atoms with E-state index < -0.39 is 64.6 Å². The zero-order valence-corrected chi connectivity index (χ0v) is 41.3. The van der Waals surface area contributed by atoms with Gasteiger partial charge in [-0.2, -0.15) is 22.7 Å². The number of piperidine rings is 1. The first-order chi connectivity index (χ1) is 33.7. The summed E-state index contributed by atoms with van der Waals surface area (Å²) < 4.78 is 67.1. The van der Waals surface area contributed by atoms with Crippen molar-refractivity contribution >= 4 is 41.6 Å². The molecule has 1 atom stereocenters. The number of carboxylic acid groups (broad SMARTS) is 1. The van der Waals surface area contributed by atoms with Crippen LogP contribution in [0.4, 0.5) is 32.8 Å². The van der Waals surface area contributed by atoms with Crippen molar-refractivity contribution < 1.29 is 60.9 Å². The highest BCUT2D eigenvalue weighted by molar-refractivity contribution is 5.98. The van der Waals surface area contributed by atoms with E-state index in [2.05, 4.69) is 31.3 Å². The molecule has 1 saturated carbocycles. The largest absolute Gasteiger partial charge is 0.477 e. The van der Waals surface area contributed by atoms with E-state index in [1.165, 1.54) is 24.3 Å². The number of alkyl halides is 4. The molecule has 0 bridgehead atoms. The van der Waals surface area contributed by atoms with Crippen LogP contribution in [0.5, 0.6) is 0 Å². The maximum absolute atomic E-state index is 14.4. The summed E-state index contributed by atoms with van der Waals surface area (Å²) in [6.07, 6.45) is 2.75. The van der Waals surface area contributed by atoms with E-state index in [-0.39, 0.29) is 47.5 Å². The van der Waals surface area contributed by atoms with Crippen LogP contribution in [0.2, 0.25) is 0 Å². The maximum Gasteiger partial charge on any atom is 0.411 e. The van der Waals surface area contributed by atoms with Crippen LogP contribution in [0.15, 0.2) is 66.7 Å². The minimum atomic E-state index is -5.47. The third-order valence-corrected chi connectivity index (χ3v) is 12.3. The standard InChI is InChI=1S/C51H62F4N8O9/c1-29-26-35(42(65)57-37-22-24-63(25-23-37)47(70)72-49(5,6)7)18-21-38(29)32-12-8-30(9-13-32)27-39(59-41(64)34-14-10-31(11-15-34)28-56-46(69)71-48(2,3)4)43(66)58-36-19-16-33(17-20-36)40-60-44(62-61-40)50(52,53)51(54,55)45(67)68/h8-9,12-13,16-21,26,31,34,37,39H,10-11,14-15,22-25,27-28H2,1-7H3,(H,56,69)(H,57,65)(H,58,66)(H,59,64)(H,67,68)(H,60,61,62)/t31?,34?,39-/m0/s1. The number of likely N-dealkylation sites (tertiary alicyclic amines) is 1. The number of amides is 5. The lowest BCUT2D eigenvalue weighted by Crippen LogP contribution is -2.48. The van der Waals surface area contributed by atoms with E-state index in [9.17, 15) is 46.3 Å². The zero-order chi connectivity index (χ0) is 52.8. The molecule has 5 amide bonds. The predicted octanol–water partition coefficient (Wildman–Crippen LogP) is 8.39. The Morgan fingerprint density at radius 2 is 1.42 bits per heavy atom. The van der Waals surface area contributed by atoms with Gasteiger partial charge in [0.15, 0.2) is 5.82 Å². The SMILES string of the molecule is Cc1cc(C(=O)NC2CCN(C(=O)OC(C)(C)C)CC2)ccc1-c1ccc(C[C@H](NC(=O)C2CCC(CNC(=O)OC(C)(C)C)CC2)C(=O)Nc2ccc(-c3n[nH]c(C(F)(F)C(F)(F)C(=O)O)n3)cc2)cc1. The molecule has 2 fully saturated rings. The van der Waals surface area contributed by atoms with Gasteiger partial charge in [-0.1, -0.05) is 30.3 Å². The van der Waals surface area contributed by atoms with Gasteiger partial charge in [0.25, 0.3) is 5.91 Å². The number of hydrogen-bond acceptors (Lipinski definition) is 10. The number of alkyl carbamates (subject to hydrolysis) is 1.